The first kappa shape index (κ1) is 10.3. The van der Waals surface area contributed by atoms with Crippen molar-refractivity contribution in [2.75, 3.05) is 5.73 Å². The summed E-state index contributed by atoms with van der Waals surface area (Å²) >= 11 is 0. The van der Waals surface area contributed by atoms with Gasteiger partial charge in [0.15, 0.2) is 5.78 Å². The largest absolute Gasteiger partial charge is 0.398 e. The molecule has 2 aromatic rings. The van der Waals surface area contributed by atoms with Gasteiger partial charge in [0, 0.05) is 14.8 Å². The number of Topliss-reactive ketones (excluding diaryl/α,β-unsaturated/α-hetero) is 2. The smallest absolute Gasteiger partial charge is 0.264 e. The molecule has 6 heteroatoms. The molecule has 0 radical (unpaired) electrons. The molecule has 1 aromatic heterocycles. The summed E-state index contributed by atoms with van der Waals surface area (Å²) in [4.78, 5) is 41.1. The molecule has 6 nitrogen and oxygen atoms in total. The van der Waals surface area contributed by atoms with Crippen LogP contribution in [-0.2, 0) is 9.59 Å². The summed E-state index contributed by atoms with van der Waals surface area (Å²) in [7, 11) is 0. The summed E-state index contributed by atoms with van der Waals surface area (Å²) in [5, 5.41) is 0.0492. The van der Waals surface area contributed by atoms with Crippen LogP contribution in [0.2, 0.25) is 0 Å². The van der Waals surface area contributed by atoms with E-state index in [0.29, 0.717) is 5.52 Å². The number of carbonyl (C=O) groups excluding carboxylic acids is 2. The van der Waals surface area contributed by atoms with E-state index in [1.165, 1.54) is 13.0 Å². The van der Waals surface area contributed by atoms with Gasteiger partial charge >= 0.3 is 0 Å². The molecule has 3 unspecified atom stereocenters. The van der Waals surface area contributed by atoms with Crippen molar-refractivity contribution in [2.24, 2.45) is 0 Å². The molecule has 1 aliphatic carbocycles. The van der Waals surface area contributed by atoms with Gasteiger partial charge < -0.3 is 5.73 Å². The van der Waals surface area contributed by atoms with Crippen molar-refractivity contribution in [1.82, 2.24) is 9.55 Å². The minimum absolute atomic E-state index is 0.0492. The Morgan fingerprint density at radius 1 is 1.43 bits per heavy atom. The third kappa shape index (κ3) is 2.12. The number of nitrogen functional groups attached to an aromatic ring is 1. The van der Waals surface area contributed by atoms with Crippen molar-refractivity contribution in [3.63, 3.8) is 0 Å². The van der Waals surface area contributed by atoms with E-state index < -0.39 is 42.4 Å². The van der Waals surface area contributed by atoms with Crippen LogP contribution in [0.3, 0.4) is 0 Å². The van der Waals surface area contributed by atoms with Crippen molar-refractivity contribution in [3.05, 3.63) is 34.4 Å². The number of benzene rings is 1. The number of aryl methyl sites for hydroxylation is 1. The number of carbonyl (C=O) groups is 2. The summed E-state index contributed by atoms with van der Waals surface area (Å²) in [6.07, 6.45) is -3.96. The summed E-state index contributed by atoms with van der Waals surface area (Å²) in [5.41, 5.74) is 5.57. The minimum Gasteiger partial charge on any atom is -0.398 e. The van der Waals surface area contributed by atoms with Gasteiger partial charge in [-0.15, -0.1) is 0 Å². The summed E-state index contributed by atoms with van der Waals surface area (Å²) in [5.74, 6) is -1.56. The lowest BCUT2D eigenvalue weighted by Crippen LogP contribution is -2.36. The minimum atomic E-state index is -2.38. The van der Waals surface area contributed by atoms with E-state index in [2.05, 4.69) is 4.98 Å². The standard InChI is InChI=1S/C15H15N3O3/c1-8-17-11-4-2-3-10(16)14(11)15(21)18(8)12-6-5-9(19)7-13(12)20/h2-4,12H,5-7,16H2,1H3/i5D,6D,12D. The summed E-state index contributed by atoms with van der Waals surface area (Å²) in [6.45, 7) is 1.44. The number of rotatable bonds is 1. The van der Waals surface area contributed by atoms with Crippen LogP contribution in [0.15, 0.2) is 23.0 Å². The predicted octanol–water partition coefficient (Wildman–Crippen LogP) is 1.15. The van der Waals surface area contributed by atoms with Crippen LogP contribution in [0.1, 0.15) is 35.2 Å². The van der Waals surface area contributed by atoms with Gasteiger partial charge in [-0.2, -0.15) is 0 Å². The van der Waals surface area contributed by atoms with Crippen molar-refractivity contribution in [1.29, 1.82) is 0 Å². The van der Waals surface area contributed by atoms with Gasteiger partial charge in [-0.05, 0) is 25.5 Å². The number of aromatic nitrogens is 2. The zero-order valence-electron chi connectivity index (χ0n) is 14.3. The predicted molar refractivity (Wildman–Crippen MR) is 78.1 cm³/mol. The number of fused-ring (bicyclic) bond motifs is 1. The number of nitrogens with zero attached hydrogens (tertiary/aromatic N) is 2. The van der Waals surface area contributed by atoms with E-state index in [9.17, 15) is 14.4 Å². The maximum absolute atomic E-state index is 12.9. The highest BCUT2D eigenvalue weighted by atomic mass is 16.2. The lowest BCUT2D eigenvalue weighted by atomic mass is 9.92. The molecule has 1 aliphatic rings. The zero-order valence-corrected chi connectivity index (χ0v) is 11.3. The molecule has 0 amide bonds. The molecule has 0 aliphatic heterocycles. The van der Waals surface area contributed by atoms with Crippen molar-refractivity contribution >= 4 is 28.2 Å². The van der Waals surface area contributed by atoms with Gasteiger partial charge in [0.2, 0.25) is 0 Å². The Hall–Kier alpha value is -2.50. The zero-order chi connectivity index (χ0) is 17.8. The van der Waals surface area contributed by atoms with Gasteiger partial charge in [-0.1, -0.05) is 6.07 Å². The molecule has 1 aromatic carbocycles. The van der Waals surface area contributed by atoms with Crippen LogP contribution in [0.25, 0.3) is 10.9 Å². The van der Waals surface area contributed by atoms with E-state index in [4.69, 9.17) is 9.85 Å². The molecule has 3 atom stereocenters. The molecule has 3 rings (SSSR count). The number of anilines is 1. The Kier molecular flexibility index (Phi) is 2.35. The van der Waals surface area contributed by atoms with Gasteiger partial charge in [-0.25, -0.2) is 4.98 Å². The third-order valence-corrected chi connectivity index (χ3v) is 3.39. The monoisotopic (exact) mass is 288 g/mol. The average Bonchev–Trinajstić information content (AvgIpc) is 2.51. The van der Waals surface area contributed by atoms with Crippen molar-refractivity contribution in [2.45, 2.75) is 32.2 Å². The Morgan fingerprint density at radius 3 is 2.95 bits per heavy atom. The van der Waals surface area contributed by atoms with Gasteiger partial charge in [0.1, 0.15) is 11.6 Å². The van der Waals surface area contributed by atoms with Crippen LogP contribution in [0.5, 0.6) is 0 Å². The van der Waals surface area contributed by atoms with Gasteiger partial charge in [-0.3, -0.25) is 19.0 Å². The first-order valence-electron chi connectivity index (χ1n) is 8.04. The highest BCUT2D eigenvalue weighted by Gasteiger charge is 2.30. The van der Waals surface area contributed by atoms with Gasteiger partial charge in [0.25, 0.3) is 5.56 Å². The normalized spacial score (nSPS) is 31.8. The molecule has 0 bridgehead atoms. The van der Waals surface area contributed by atoms with Crippen LogP contribution in [0, 0.1) is 6.92 Å². The maximum Gasteiger partial charge on any atom is 0.264 e. The molecule has 2 N–H and O–H groups in total. The third-order valence-electron chi connectivity index (χ3n) is 3.39. The fraction of sp³-hybridized carbons (Fsp3) is 0.333. The number of hydrogen-bond donors (Lipinski definition) is 1. The molecule has 1 fully saturated rings. The molecule has 21 heavy (non-hydrogen) atoms. The highest BCUT2D eigenvalue weighted by molar-refractivity contribution is 6.03. The second-order valence-corrected chi connectivity index (χ2v) is 4.83. The Labute approximate surface area is 124 Å². The first-order valence-corrected chi connectivity index (χ1v) is 6.38. The first-order chi connectivity index (χ1) is 11.2. The van der Waals surface area contributed by atoms with E-state index >= 15 is 0 Å². The fourth-order valence-electron chi connectivity index (χ4n) is 2.42. The topological polar surface area (TPSA) is 95.1 Å². The molecule has 0 saturated heterocycles. The molecular formula is C15H15N3O3. The van der Waals surface area contributed by atoms with Crippen LogP contribution < -0.4 is 11.3 Å². The molecule has 1 saturated carbocycles. The van der Waals surface area contributed by atoms with Crippen LogP contribution in [0.4, 0.5) is 5.69 Å². The second kappa shape index (κ2) is 4.80. The fourth-order valence-corrected chi connectivity index (χ4v) is 2.42. The highest BCUT2D eigenvalue weighted by Crippen LogP contribution is 2.24. The van der Waals surface area contributed by atoms with E-state index in [-0.39, 0.29) is 16.9 Å². The Morgan fingerprint density at radius 2 is 2.19 bits per heavy atom. The lowest BCUT2D eigenvalue weighted by molar-refractivity contribution is -0.132. The van der Waals surface area contributed by atoms with E-state index in [1.807, 2.05) is 0 Å². The lowest BCUT2D eigenvalue weighted by Gasteiger charge is -2.24. The molecular weight excluding hydrogens is 270 g/mol. The molecule has 0 spiro atoms. The molecule has 1 heterocycles. The SMILES string of the molecule is [2H]C1C(=O)CC(=O)C([2H])(n2c(C)nc3cccc(N)c3c2=O)C1[2H]. The average molecular weight is 288 g/mol. The molecule has 108 valence electrons. The van der Waals surface area contributed by atoms with Crippen molar-refractivity contribution < 1.29 is 13.7 Å². The Balaban J connectivity index is 2.37. The number of ketones is 2. The maximum atomic E-state index is 12.9. The van der Waals surface area contributed by atoms with Crippen LogP contribution in [-0.4, -0.2) is 21.1 Å². The quantitative estimate of drug-likeness (QED) is 0.627. The summed E-state index contributed by atoms with van der Waals surface area (Å²) < 4.78 is 25.1. The number of nitrogens with two attached hydrogens (primary N) is 1. The van der Waals surface area contributed by atoms with Crippen LogP contribution >= 0.6 is 0 Å². The van der Waals surface area contributed by atoms with E-state index in [1.54, 1.807) is 12.1 Å². The second-order valence-electron chi connectivity index (χ2n) is 4.83. The van der Waals surface area contributed by atoms with Crippen molar-refractivity contribution in [3.8, 4) is 0 Å². The number of hydrogen-bond acceptors (Lipinski definition) is 5. The summed E-state index contributed by atoms with van der Waals surface area (Å²) in [6, 6.07) is 2.32. The van der Waals surface area contributed by atoms with Gasteiger partial charge in [0.05, 0.1) is 24.7 Å². The Bertz CT molecular complexity index is 943. The van der Waals surface area contributed by atoms with E-state index in [0.717, 1.165) is 4.57 Å².